The van der Waals surface area contributed by atoms with Gasteiger partial charge in [0.25, 0.3) is 5.69 Å². The minimum Gasteiger partial charge on any atom is -0.467 e. The molecule has 0 saturated heterocycles. The highest BCUT2D eigenvalue weighted by Gasteiger charge is 2.18. The number of benzene rings is 1. The Labute approximate surface area is 109 Å². The van der Waals surface area contributed by atoms with Gasteiger partial charge in [0.2, 0.25) is 0 Å². The van der Waals surface area contributed by atoms with Crippen LogP contribution in [0.1, 0.15) is 16.1 Å². The van der Waals surface area contributed by atoms with Gasteiger partial charge in [-0.05, 0) is 24.3 Å². The van der Waals surface area contributed by atoms with E-state index in [-0.39, 0.29) is 11.3 Å². The third-order valence-corrected chi connectivity index (χ3v) is 2.72. The summed E-state index contributed by atoms with van der Waals surface area (Å²) in [6.07, 6.45) is 2.14. The molecule has 0 aliphatic carbocycles. The molecule has 2 rings (SSSR count). The third-order valence-electron chi connectivity index (χ3n) is 2.72. The molecule has 0 amide bonds. The Morgan fingerprint density at radius 3 is 2.79 bits per heavy atom. The largest absolute Gasteiger partial charge is 0.467 e. The topological polar surface area (TPSA) is 76.6 Å². The van der Waals surface area contributed by atoms with Gasteiger partial charge < -0.3 is 9.32 Å². The zero-order chi connectivity index (χ0) is 13.8. The van der Waals surface area contributed by atoms with Gasteiger partial charge in [0.05, 0.1) is 17.7 Å². The van der Waals surface area contributed by atoms with Crippen LogP contribution in [0.2, 0.25) is 0 Å². The van der Waals surface area contributed by atoms with Crippen molar-refractivity contribution in [1.29, 1.82) is 0 Å². The molecule has 1 aromatic heterocycles. The standard InChI is InChI=1S/C13H12N2O4/c1-14(8-11-3-2-6-19-11)12-5-4-10(9-16)7-13(12)15(17)18/h2-7,9H,8H2,1H3. The summed E-state index contributed by atoms with van der Waals surface area (Å²) < 4.78 is 5.20. The highest BCUT2D eigenvalue weighted by molar-refractivity contribution is 5.79. The third kappa shape index (κ3) is 2.79. The fourth-order valence-corrected chi connectivity index (χ4v) is 1.80. The van der Waals surface area contributed by atoms with E-state index in [2.05, 4.69) is 0 Å². The van der Waals surface area contributed by atoms with Crippen LogP contribution in [-0.2, 0) is 6.54 Å². The van der Waals surface area contributed by atoms with Crippen LogP contribution in [0.4, 0.5) is 11.4 Å². The summed E-state index contributed by atoms with van der Waals surface area (Å²) in [5, 5.41) is 11.0. The molecule has 19 heavy (non-hydrogen) atoms. The molecule has 0 saturated carbocycles. The Morgan fingerprint density at radius 2 is 2.21 bits per heavy atom. The fraction of sp³-hybridized carbons (Fsp3) is 0.154. The van der Waals surface area contributed by atoms with Crippen molar-refractivity contribution in [3.63, 3.8) is 0 Å². The Balaban J connectivity index is 2.32. The first-order chi connectivity index (χ1) is 9.11. The van der Waals surface area contributed by atoms with Crippen LogP contribution in [0.3, 0.4) is 0 Å². The molecule has 98 valence electrons. The van der Waals surface area contributed by atoms with Gasteiger partial charge in [-0.2, -0.15) is 0 Å². The van der Waals surface area contributed by atoms with Crippen LogP contribution in [-0.4, -0.2) is 18.3 Å². The molecule has 2 aromatic rings. The lowest BCUT2D eigenvalue weighted by molar-refractivity contribution is -0.384. The van der Waals surface area contributed by atoms with E-state index in [0.717, 1.165) is 0 Å². The van der Waals surface area contributed by atoms with Gasteiger partial charge in [-0.15, -0.1) is 0 Å². The number of rotatable bonds is 5. The van der Waals surface area contributed by atoms with E-state index in [1.54, 1.807) is 42.5 Å². The molecule has 6 heteroatoms. The van der Waals surface area contributed by atoms with Crippen molar-refractivity contribution in [3.8, 4) is 0 Å². The number of furan rings is 1. The van der Waals surface area contributed by atoms with Crippen molar-refractivity contribution >= 4 is 17.7 Å². The van der Waals surface area contributed by atoms with Gasteiger partial charge in [-0.25, -0.2) is 0 Å². The van der Waals surface area contributed by atoms with Crippen LogP contribution < -0.4 is 4.90 Å². The van der Waals surface area contributed by atoms with Crippen LogP contribution in [0.25, 0.3) is 0 Å². The average Bonchev–Trinajstić information content (AvgIpc) is 2.90. The summed E-state index contributed by atoms with van der Waals surface area (Å²) >= 11 is 0. The van der Waals surface area contributed by atoms with Crippen LogP contribution in [0, 0.1) is 10.1 Å². The highest BCUT2D eigenvalue weighted by atomic mass is 16.6. The van der Waals surface area contributed by atoms with Crippen LogP contribution in [0.15, 0.2) is 41.0 Å². The number of nitro benzene ring substituents is 1. The Hall–Kier alpha value is -2.63. The van der Waals surface area contributed by atoms with Gasteiger partial charge in [0, 0.05) is 18.7 Å². The minimum absolute atomic E-state index is 0.0985. The van der Waals surface area contributed by atoms with E-state index in [1.807, 2.05) is 0 Å². The van der Waals surface area contributed by atoms with E-state index in [1.165, 1.54) is 6.07 Å². The first kappa shape index (κ1) is 12.8. The predicted molar refractivity (Wildman–Crippen MR) is 69.3 cm³/mol. The summed E-state index contributed by atoms with van der Waals surface area (Å²) in [4.78, 5) is 22.9. The SMILES string of the molecule is CN(Cc1ccco1)c1ccc(C=O)cc1[N+](=O)[O-]. The zero-order valence-electron chi connectivity index (χ0n) is 10.3. The maximum Gasteiger partial charge on any atom is 0.293 e. The lowest BCUT2D eigenvalue weighted by Crippen LogP contribution is -2.17. The van der Waals surface area contributed by atoms with E-state index in [9.17, 15) is 14.9 Å². The number of aldehydes is 1. The molecule has 0 N–H and O–H groups in total. The normalized spacial score (nSPS) is 10.2. The lowest BCUT2D eigenvalue weighted by Gasteiger charge is -2.17. The predicted octanol–water partition coefficient (Wildman–Crippen LogP) is 2.64. The number of nitrogens with zero attached hydrogens (tertiary/aromatic N) is 2. The first-order valence-corrected chi connectivity index (χ1v) is 5.59. The fourth-order valence-electron chi connectivity index (χ4n) is 1.80. The Kier molecular flexibility index (Phi) is 3.61. The zero-order valence-corrected chi connectivity index (χ0v) is 10.3. The number of nitro groups is 1. The van der Waals surface area contributed by atoms with E-state index in [4.69, 9.17) is 4.42 Å². The monoisotopic (exact) mass is 260 g/mol. The van der Waals surface area contributed by atoms with Crippen molar-refractivity contribution < 1.29 is 14.1 Å². The summed E-state index contributed by atoms with van der Waals surface area (Å²) in [6, 6.07) is 7.93. The molecular formula is C13H12N2O4. The number of anilines is 1. The van der Waals surface area contributed by atoms with E-state index in [0.29, 0.717) is 24.3 Å². The summed E-state index contributed by atoms with van der Waals surface area (Å²) in [7, 11) is 1.73. The number of carbonyl (C=O) groups excluding carboxylic acids is 1. The van der Waals surface area contributed by atoms with Gasteiger partial charge in [-0.1, -0.05) is 0 Å². The summed E-state index contributed by atoms with van der Waals surface area (Å²) in [5.74, 6) is 0.705. The second kappa shape index (κ2) is 5.34. The molecule has 1 aromatic carbocycles. The average molecular weight is 260 g/mol. The van der Waals surface area contributed by atoms with E-state index >= 15 is 0 Å². The number of hydrogen-bond acceptors (Lipinski definition) is 5. The molecule has 0 unspecified atom stereocenters. The van der Waals surface area contributed by atoms with Gasteiger partial charge in [-0.3, -0.25) is 14.9 Å². The van der Waals surface area contributed by atoms with Crippen molar-refractivity contribution in [2.75, 3.05) is 11.9 Å². The second-order valence-electron chi connectivity index (χ2n) is 4.06. The minimum atomic E-state index is -0.499. The van der Waals surface area contributed by atoms with Crippen molar-refractivity contribution in [1.82, 2.24) is 0 Å². The van der Waals surface area contributed by atoms with Crippen molar-refractivity contribution in [3.05, 3.63) is 58.0 Å². The molecule has 0 fully saturated rings. The smallest absolute Gasteiger partial charge is 0.293 e. The van der Waals surface area contributed by atoms with Gasteiger partial charge in [0.15, 0.2) is 0 Å². The first-order valence-electron chi connectivity index (χ1n) is 5.59. The molecular weight excluding hydrogens is 248 g/mol. The van der Waals surface area contributed by atoms with Crippen LogP contribution >= 0.6 is 0 Å². The van der Waals surface area contributed by atoms with Gasteiger partial charge >= 0.3 is 0 Å². The molecule has 0 spiro atoms. The van der Waals surface area contributed by atoms with Gasteiger partial charge in [0.1, 0.15) is 17.7 Å². The highest BCUT2D eigenvalue weighted by Crippen LogP contribution is 2.29. The van der Waals surface area contributed by atoms with Crippen molar-refractivity contribution in [2.24, 2.45) is 0 Å². The Bertz CT molecular complexity index is 593. The molecule has 6 nitrogen and oxygen atoms in total. The molecule has 0 bridgehead atoms. The van der Waals surface area contributed by atoms with E-state index < -0.39 is 4.92 Å². The molecule has 0 radical (unpaired) electrons. The summed E-state index contributed by atoms with van der Waals surface area (Å²) in [6.45, 7) is 0.411. The number of hydrogen-bond donors (Lipinski definition) is 0. The number of carbonyl (C=O) groups is 1. The van der Waals surface area contributed by atoms with Crippen LogP contribution in [0.5, 0.6) is 0 Å². The van der Waals surface area contributed by atoms with Crippen molar-refractivity contribution in [2.45, 2.75) is 6.54 Å². The maximum absolute atomic E-state index is 11.0. The Morgan fingerprint density at radius 1 is 1.42 bits per heavy atom. The molecule has 1 heterocycles. The maximum atomic E-state index is 11.0. The summed E-state index contributed by atoms with van der Waals surface area (Å²) in [5.41, 5.74) is 0.618. The molecule has 0 aliphatic heterocycles. The lowest BCUT2D eigenvalue weighted by atomic mass is 10.1. The molecule has 0 aliphatic rings. The quantitative estimate of drug-likeness (QED) is 0.469. The molecule has 0 atom stereocenters. The second-order valence-corrected chi connectivity index (χ2v) is 4.06.